The Balaban J connectivity index is 2.81. The molecule has 1 aromatic heterocycles. The van der Waals surface area contributed by atoms with Crippen LogP contribution in [0, 0.1) is 5.82 Å². The smallest absolute Gasteiger partial charge is 0.280 e. The third-order valence-corrected chi connectivity index (χ3v) is 2.34. The Morgan fingerprint density at radius 3 is 2.59 bits per heavy atom. The van der Waals surface area contributed by atoms with Gasteiger partial charge in [-0.25, -0.2) is 18.2 Å². The summed E-state index contributed by atoms with van der Waals surface area (Å²) in [6, 6.07) is 3.24. The van der Waals surface area contributed by atoms with Gasteiger partial charge in [0, 0.05) is 17.1 Å². The van der Waals surface area contributed by atoms with Crippen molar-refractivity contribution in [2.45, 2.75) is 6.43 Å². The van der Waals surface area contributed by atoms with E-state index in [1.54, 1.807) is 0 Å². The van der Waals surface area contributed by atoms with Crippen molar-refractivity contribution in [2.24, 2.45) is 0 Å². The summed E-state index contributed by atoms with van der Waals surface area (Å²) in [4.78, 5) is 3.73. The number of nitrogen functional groups attached to an aromatic ring is 1. The molecule has 0 saturated heterocycles. The maximum absolute atomic E-state index is 13.2. The largest absolute Gasteiger partial charge is 0.494 e. The SMILES string of the molecule is COc1cc(F)cc2c(N)cc(C(F)F)nc12. The van der Waals surface area contributed by atoms with Crippen LogP contribution in [0.1, 0.15) is 12.1 Å². The van der Waals surface area contributed by atoms with Crippen molar-refractivity contribution in [3.8, 4) is 5.75 Å². The second kappa shape index (κ2) is 4.12. The summed E-state index contributed by atoms with van der Waals surface area (Å²) in [7, 11) is 1.31. The first kappa shape index (κ1) is 11.5. The number of aromatic nitrogens is 1. The predicted molar refractivity (Wildman–Crippen MR) is 57.6 cm³/mol. The third kappa shape index (κ3) is 1.98. The minimum absolute atomic E-state index is 0.0445. The lowest BCUT2D eigenvalue weighted by Gasteiger charge is -2.09. The molecular weight excluding hydrogens is 233 g/mol. The molecule has 2 rings (SSSR count). The number of nitrogens with zero attached hydrogens (tertiary/aromatic N) is 1. The fourth-order valence-electron chi connectivity index (χ4n) is 1.58. The number of anilines is 1. The summed E-state index contributed by atoms with van der Waals surface area (Å²) in [5.74, 6) is -0.484. The first-order valence-corrected chi connectivity index (χ1v) is 4.74. The Morgan fingerprint density at radius 1 is 1.29 bits per heavy atom. The number of ether oxygens (including phenoxy) is 1. The zero-order chi connectivity index (χ0) is 12.6. The summed E-state index contributed by atoms with van der Waals surface area (Å²) in [6.07, 6.45) is -2.74. The van der Waals surface area contributed by atoms with Crippen LogP contribution in [0.3, 0.4) is 0 Å². The monoisotopic (exact) mass is 242 g/mol. The molecule has 0 aliphatic carbocycles. The lowest BCUT2D eigenvalue weighted by molar-refractivity contribution is 0.146. The van der Waals surface area contributed by atoms with Gasteiger partial charge in [-0.15, -0.1) is 0 Å². The molecule has 90 valence electrons. The van der Waals surface area contributed by atoms with E-state index in [0.717, 1.165) is 18.2 Å². The van der Waals surface area contributed by atoms with E-state index in [9.17, 15) is 13.2 Å². The molecule has 0 bridgehead atoms. The van der Waals surface area contributed by atoms with E-state index < -0.39 is 17.9 Å². The minimum atomic E-state index is -2.74. The van der Waals surface area contributed by atoms with Crippen LogP contribution in [-0.4, -0.2) is 12.1 Å². The number of fused-ring (bicyclic) bond motifs is 1. The molecule has 0 unspecified atom stereocenters. The lowest BCUT2D eigenvalue weighted by Crippen LogP contribution is -1.98. The van der Waals surface area contributed by atoms with Gasteiger partial charge in [0.25, 0.3) is 6.43 Å². The summed E-state index contributed by atoms with van der Waals surface area (Å²) in [5.41, 5.74) is 5.31. The molecule has 0 radical (unpaired) electrons. The van der Waals surface area contributed by atoms with Gasteiger partial charge >= 0.3 is 0 Å². The van der Waals surface area contributed by atoms with E-state index >= 15 is 0 Å². The molecule has 0 spiro atoms. The highest BCUT2D eigenvalue weighted by Gasteiger charge is 2.15. The van der Waals surface area contributed by atoms with Crippen molar-refractivity contribution >= 4 is 16.6 Å². The molecule has 2 aromatic rings. The molecule has 6 heteroatoms. The molecule has 0 atom stereocenters. The highest BCUT2D eigenvalue weighted by atomic mass is 19.3. The maximum atomic E-state index is 13.2. The molecule has 0 aliphatic rings. The molecule has 1 aromatic carbocycles. The predicted octanol–water partition coefficient (Wildman–Crippen LogP) is 2.90. The number of halogens is 3. The van der Waals surface area contributed by atoms with Crippen LogP contribution in [0.4, 0.5) is 18.9 Å². The number of hydrogen-bond donors (Lipinski definition) is 1. The van der Waals surface area contributed by atoms with E-state index in [1.165, 1.54) is 7.11 Å². The molecule has 3 nitrogen and oxygen atoms in total. The highest BCUT2D eigenvalue weighted by molar-refractivity contribution is 5.94. The van der Waals surface area contributed by atoms with Crippen LogP contribution in [0.15, 0.2) is 18.2 Å². The van der Waals surface area contributed by atoms with Crippen molar-refractivity contribution < 1.29 is 17.9 Å². The second-order valence-corrected chi connectivity index (χ2v) is 3.44. The van der Waals surface area contributed by atoms with Crippen molar-refractivity contribution in [3.63, 3.8) is 0 Å². The normalized spacial score (nSPS) is 11.1. The summed E-state index contributed by atoms with van der Waals surface area (Å²) in [5, 5.41) is 0.256. The topological polar surface area (TPSA) is 48.1 Å². The number of pyridine rings is 1. The number of hydrogen-bond acceptors (Lipinski definition) is 3. The quantitative estimate of drug-likeness (QED) is 0.880. The van der Waals surface area contributed by atoms with Crippen molar-refractivity contribution in [1.82, 2.24) is 4.98 Å². The van der Waals surface area contributed by atoms with Crippen LogP contribution in [0.5, 0.6) is 5.75 Å². The fraction of sp³-hybridized carbons (Fsp3) is 0.182. The average Bonchev–Trinajstić information content (AvgIpc) is 2.28. The van der Waals surface area contributed by atoms with Gasteiger partial charge < -0.3 is 10.5 Å². The van der Waals surface area contributed by atoms with Gasteiger partial charge in [-0.2, -0.15) is 0 Å². The second-order valence-electron chi connectivity index (χ2n) is 3.44. The molecule has 0 aliphatic heterocycles. The summed E-state index contributed by atoms with van der Waals surface area (Å²) >= 11 is 0. The maximum Gasteiger partial charge on any atom is 0.280 e. The van der Waals surface area contributed by atoms with Crippen LogP contribution >= 0.6 is 0 Å². The number of methoxy groups -OCH3 is 1. The van der Waals surface area contributed by atoms with Gasteiger partial charge in [-0.3, -0.25) is 0 Å². The number of nitrogens with two attached hydrogens (primary N) is 1. The minimum Gasteiger partial charge on any atom is -0.494 e. The van der Waals surface area contributed by atoms with Crippen LogP contribution in [0.25, 0.3) is 10.9 Å². The highest BCUT2D eigenvalue weighted by Crippen LogP contribution is 2.32. The fourth-order valence-corrected chi connectivity index (χ4v) is 1.58. The van der Waals surface area contributed by atoms with Gasteiger partial charge in [-0.05, 0) is 12.1 Å². The standard InChI is InChI=1S/C11H9F3N2O/c1-17-9-3-5(12)2-6-7(15)4-8(11(13)14)16-10(6)9/h2-4,11H,1H3,(H2,15,16). The average molecular weight is 242 g/mol. The zero-order valence-corrected chi connectivity index (χ0v) is 8.88. The first-order chi connectivity index (χ1) is 8.02. The van der Waals surface area contributed by atoms with Gasteiger partial charge in [0.15, 0.2) is 0 Å². The van der Waals surface area contributed by atoms with Gasteiger partial charge in [0.1, 0.15) is 22.8 Å². The van der Waals surface area contributed by atoms with Crippen molar-refractivity contribution in [2.75, 3.05) is 12.8 Å². The molecule has 17 heavy (non-hydrogen) atoms. The van der Waals surface area contributed by atoms with E-state index in [-0.39, 0.29) is 22.3 Å². The Kier molecular flexibility index (Phi) is 2.79. The molecule has 2 N–H and O–H groups in total. The summed E-state index contributed by atoms with van der Waals surface area (Å²) < 4.78 is 43.2. The Bertz CT molecular complexity index is 572. The summed E-state index contributed by atoms with van der Waals surface area (Å²) in [6.45, 7) is 0. The van der Waals surface area contributed by atoms with E-state index in [4.69, 9.17) is 10.5 Å². The Hall–Kier alpha value is -1.98. The van der Waals surface area contributed by atoms with Crippen LogP contribution in [0.2, 0.25) is 0 Å². The molecule has 0 amide bonds. The van der Waals surface area contributed by atoms with Gasteiger partial charge in [0.05, 0.1) is 7.11 Å². The molecular formula is C11H9F3N2O. The Morgan fingerprint density at radius 2 is 2.00 bits per heavy atom. The third-order valence-electron chi connectivity index (χ3n) is 2.34. The van der Waals surface area contributed by atoms with E-state index in [1.807, 2.05) is 0 Å². The number of rotatable bonds is 2. The lowest BCUT2D eigenvalue weighted by atomic mass is 10.1. The molecule has 1 heterocycles. The van der Waals surface area contributed by atoms with Gasteiger partial charge in [-0.1, -0.05) is 0 Å². The Labute approximate surface area is 95.0 Å². The van der Waals surface area contributed by atoms with E-state index in [2.05, 4.69) is 4.98 Å². The van der Waals surface area contributed by atoms with Crippen molar-refractivity contribution in [1.29, 1.82) is 0 Å². The van der Waals surface area contributed by atoms with Crippen LogP contribution < -0.4 is 10.5 Å². The number of benzene rings is 1. The van der Waals surface area contributed by atoms with E-state index in [0.29, 0.717) is 0 Å². The number of alkyl halides is 2. The van der Waals surface area contributed by atoms with Crippen LogP contribution in [-0.2, 0) is 0 Å². The molecule has 0 fully saturated rings. The van der Waals surface area contributed by atoms with Crippen molar-refractivity contribution in [3.05, 3.63) is 29.7 Å². The zero-order valence-electron chi connectivity index (χ0n) is 8.88. The van der Waals surface area contributed by atoms with Gasteiger partial charge in [0.2, 0.25) is 0 Å². The first-order valence-electron chi connectivity index (χ1n) is 4.74. The molecule has 0 saturated carbocycles.